The topological polar surface area (TPSA) is 87.3 Å². The van der Waals surface area contributed by atoms with Crippen LogP contribution in [0.3, 0.4) is 0 Å². The van der Waals surface area contributed by atoms with Crippen molar-refractivity contribution in [3.63, 3.8) is 0 Å². The summed E-state index contributed by atoms with van der Waals surface area (Å²) in [5.74, 6) is 3.35. The Hall–Kier alpha value is -3.07. The molecule has 0 aliphatic heterocycles. The van der Waals surface area contributed by atoms with Crippen LogP contribution in [0.1, 0.15) is 29.8 Å². The van der Waals surface area contributed by atoms with Gasteiger partial charge in [-0.3, -0.25) is 25.2 Å². The lowest BCUT2D eigenvalue weighted by Crippen LogP contribution is -2.43. The molecule has 3 N–H and O–H groups in total. The molecular weight excluding hydrogens is 282 g/mol. The Kier molecular flexibility index (Phi) is 6.38. The Morgan fingerprint density at radius 1 is 1.18 bits per heavy atom. The summed E-state index contributed by atoms with van der Waals surface area (Å²) in [4.78, 5) is 34.3. The molecule has 114 valence electrons. The molecule has 1 aromatic rings. The van der Waals surface area contributed by atoms with Gasteiger partial charge in [0.25, 0.3) is 5.91 Å². The van der Waals surface area contributed by atoms with Gasteiger partial charge in [-0.25, -0.2) is 0 Å². The third-order valence-corrected chi connectivity index (χ3v) is 2.69. The predicted molar refractivity (Wildman–Crippen MR) is 82.2 cm³/mol. The summed E-state index contributed by atoms with van der Waals surface area (Å²) < 4.78 is 0. The first kappa shape index (κ1) is 17.0. The van der Waals surface area contributed by atoms with E-state index in [1.54, 1.807) is 24.3 Å². The van der Waals surface area contributed by atoms with Gasteiger partial charge in [0.15, 0.2) is 5.78 Å². The molecule has 0 aromatic heterocycles. The lowest BCUT2D eigenvalue weighted by molar-refractivity contribution is -0.124. The van der Waals surface area contributed by atoms with Crippen LogP contribution in [0.2, 0.25) is 0 Å². The molecule has 6 heteroatoms. The van der Waals surface area contributed by atoms with Gasteiger partial charge in [0, 0.05) is 12.1 Å². The molecule has 0 saturated heterocycles. The minimum Gasteiger partial charge on any atom is -0.377 e. The summed E-state index contributed by atoms with van der Waals surface area (Å²) in [5, 5.41) is 2.80. The fraction of sp³-hybridized carbons (Fsp3) is 0.188. The maximum absolute atomic E-state index is 11.7. The second kappa shape index (κ2) is 8.27. The summed E-state index contributed by atoms with van der Waals surface area (Å²) in [5.41, 5.74) is 5.69. The molecule has 2 amide bonds. The van der Waals surface area contributed by atoms with Crippen LogP contribution in [0.15, 0.2) is 36.5 Å². The van der Waals surface area contributed by atoms with Crippen molar-refractivity contribution in [3.05, 3.63) is 47.7 Å². The Balaban J connectivity index is 2.55. The average molecular weight is 299 g/mol. The van der Waals surface area contributed by atoms with E-state index in [0.717, 1.165) is 5.56 Å². The van der Waals surface area contributed by atoms with Crippen molar-refractivity contribution in [2.45, 2.75) is 20.4 Å². The van der Waals surface area contributed by atoms with Crippen molar-refractivity contribution in [2.75, 3.05) is 0 Å². The van der Waals surface area contributed by atoms with Crippen molar-refractivity contribution < 1.29 is 14.4 Å². The molecule has 6 nitrogen and oxygen atoms in total. The van der Waals surface area contributed by atoms with Crippen LogP contribution >= 0.6 is 0 Å². The summed E-state index contributed by atoms with van der Waals surface area (Å²) >= 11 is 0. The van der Waals surface area contributed by atoms with Crippen LogP contribution in [0.5, 0.6) is 0 Å². The van der Waals surface area contributed by atoms with Crippen molar-refractivity contribution in [1.29, 1.82) is 0 Å². The molecule has 0 bridgehead atoms. The van der Waals surface area contributed by atoms with Crippen LogP contribution in [0.4, 0.5) is 0 Å². The van der Waals surface area contributed by atoms with Crippen molar-refractivity contribution in [2.24, 2.45) is 0 Å². The monoisotopic (exact) mass is 299 g/mol. The molecule has 1 rings (SSSR count). The quantitative estimate of drug-likeness (QED) is 0.323. The smallest absolute Gasteiger partial charge is 0.314 e. The molecule has 0 spiro atoms. The van der Waals surface area contributed by atoms with Gasteiger partial charge in [-0.2, -0.15) is 0 Å². The number of benzene rings is 1. The van der Waals surface area contributed by atoms with E-state index >= 15 is 0 Å². The normalized spacial score (nSPS) is 9.00. The van der Waals surface area contributed by atoms with Gasteiger partial charge in [0.1, 0.15) is 0 Å². The number of Topliss-reactive ketones (excluding diaryl/α,β-unsaturated/α-hetero) is 1. The van der Waals surface area contributed by atoms with Crippen molar-refractivity contribution in [3.8, 4) is 11.8 Å². The molecule has 0 saturated carbocycles. The second-order valence-electron chi connectivity index (χ2n) is 4.33. The number of carbonyl (C=O) groups excluding carboxylic acids is 3. The highest BCUT2D eigenvalue weighted by atomic mass is 16.2. The Labute approximate surface area is 128 Å². The van der Waals surface area contributed by atoms with E-state index in [-0.39, 0.29) is 18.0 Å². The van der Waals surface area contributed by atoms with E-state index in [9.17, 15) is 14.4 Å². The molecule has 0 radical (unpaired) electrons. The Morgan fingerprint density at radius 3 is 2.50 bits per heavy atom. The molecule has 0 heterocycles. The largest absolute Gasteiger partial charge is 0.377 e. The molecule has 0 aliphatic rings. The minimum absolute atomic E-state index is 0.0575. The summed E-state index contributed by atoms with van der Waals surface area (Å²) in [6.45, 7) is 6.83. The highest BCUT2D eigenvalue weighted by Crippen LogP contribution is 2.09. The molecule has 0 unspecified atom stereocenters. The number of hydrazine groups is 1. The lowest BCUT2D eigenvalue weighted by Gasteiger charge is -2.11. The van der Waals surface area contributed by atoms with Crippen LogP contribution in [-0.2, 0) is 16.1 Å². The maximum atomic E-state index is 11.7. The van der Waals surface area contributed by atoms with Crippen LogP contribution in [-0.4, -0.2) is 17.6 Å². The molecule has 22 heavy (non-hydrogen) atoms. The van der Waals surface area contributed by atoms with Crippen molar-refractivity contribution in [1.82, 2.24) is 16.2 Å². The van der Waals surface area contributed by atoms with Gasteiger partial charge in [-0.1, -0.05) is 36.8 Å². The zero-order valence-corrected chi connectivity index (χ0v) is 12.4. The highest BCUT2D eigenvalue weighted by Gasteiger charge is 2.10. The summed E-state index contributed by atoms with van der Waals surface area (Å²) in [7, 11) is 0. The molecule has 0 fully saturated rings. The van der Waals surface area contributed by atoms with Gasteiger partial charge in [-0.05, 0) is 25.3 Å². The highest BCUT2D eigenvalue weighted by molar-refractivity contribution is 5.98. The van der Waals surface area contributed by atoms with Gasteiger partial charge >= 0.3 is 5.91 Å². The van der Waals surface area contributed by atoms with Gasteiger partial charge in [-0.15, -0.1) is 0 Å². The average Bonchev–Trinajstić information content (AvgIpc) is 2.50. The number of amides is 2. The minimum atomic E-state index is -0.620. The number of hydrogen-bond acceptors (Lipinski definition) is 4. The summed E-state index contributed by atoms with van der Waals surface area (Å²) in [6.07, 6.45) is 0. The molecular formula is C16H17N3O3. The lowest BCUT2D eigenvalue weighted by atomic mass is 10.0. The maximum Gasteiger partial charge on any atom is 0.314 e. The predicted octanol–water partition coefficient (Wildman–Crippen LogP) is 0.663. The molecule has 0 aliphatic carbocycles. The zero-order chi connectivity index (χ0) is 16.5. The van der Waals surface area contributed by atoms with Gasteiger partial charge in [0.05, 0.1) is 5.70 Å². The second-order valence-corrected chi connectivity index (χ2v) is 4.33. The third kappa shape index (κ3) is 5.13. The third-order valence-electron chi connectivity index (χ3n) is 2.69. The van der Waals surface area contributed by atoms with Crippen molar-refractivity contribution >= 4 is 17.6 Å². The number of nitrogens with one attached hydrogen (secondary N) is 3. The number of rotatable bonds is 5. The molecule has 0 atom stereocenters. The standard InChI is InChI=1S/C16H17N3O3/c1-4-7-15(21)18-19-16(22)11(2)17-10-13-8-5-6-9-14(13)12(3)20/h5-6,8-9,17H,2,10H2,1,3H3,(H,18,21)(H,19,22). The van der Waals surface area contributed by atoms with E-state index < -0.39 is 11.8 Å². The van der Waals surface area contributed by atoms with Crippen LogP contribution in [0.25, 0.3) is 0 Å². The Bertz CT molecular complexity index is 669. The van der Waals surface area contributed by atoms with Crippen LogP contribution in [0, 0.1) is 11.8 Å². The number of ketones is 1. The Morgan fingerprint density at radius 2 is 1.86 bits per heavy atom. The van der Waals surface area contributed by atoms with Gasteiger partial charge < -0.3 is 5.32 Å². The number of carbonyl (C=O) groups is 3. The van der Waals surface area contributed by atoms with E-state index in [1.807, 2.05) is 0 Å². The number of hydrogen-bond donors (Lipinski definition) is 3. The van der Waals surface area contributed by atoms with Gasteiger partial charge in [0.2, 0.25) is 0 Å². The van der Waals surface area contributed by atoms with E-state index in [1.165, 1.54) is 13.8 Å². The van der Waals surface area contributed by atoms with E-state index in [0.29, 0.717) is 5.56 Å². The first-order valence-electron chi connectivity index (χ1n) is 6.50. The first-order valence-corrected chi connectivity index (χ1v) is 6.50. The zero-order valence-electron chi connectivity index (χ0n) is 12.4. The summed E-state index contributed by atoms with van der Waals surface area (Å²) in [6, 6.07) is 7.07. The first-order chi connectivity index (χ1) is 10.5. The SMILES string of the molecule is C=C(NCc1ccccc1C(C)=O)C(=O)NNC(=O)C#CC. The van der Waals surface area contributed by atoms with E-state index in [4.69, 9.17) is 0 Å². The van der Waals surface area contributed by atoms with E-state index in [2.05, 4.69) is 34.6 Å². The molecule has 1 aromatic carbocycles. The fourth-order valence-electron chi connectivity index (χ4n) is 1.63. The van der Waals surface area contributed by atoms with Crippen LogP contribution < -0.4 is 16.2 Å². The fourth-order valence-corrected chi connectivity index (χ4v) is 1.63.